The third kappa shape index (κ3) is 0.816. The van der Waals surface area contributed by atoms with Crippen molar-refractivity contribution in [3.8, 4) is 0 Å². The minimum atomic E-state index is 0.686. The summed E-state index contributed by atoms with van der Waals surface area (Å²) in [4.78, 5) is 0. The Labute approximate surface area is 70.4 Å². The van der Waals surface area contributed by atoms with E-state index in [1.165, 1.54) is 12.8 Å². The van der Waals surface area contributed by atoms with Gasteiger partial charge in [-0.25, -0.2) is 0 Å². The molecule has 0 aromatic carbocycles. The van der Waals surface area contributed by atoms with Crippen molar-refractivity contribution in [1.29, 1.82) is 0 Å². The molecule has 0 heteroatoms. The fraction of sp³-hybridized carbons (Fsp3) is 1.00. The van der Waals surface area contributed by atoms with Crippen molar-refractivity contribution in [3.63, 3.8) is 0 Å². The smallest absolute Gasteiger partial charge is 0.0295 e. The predicted molar refractivity (Wildman–Crippen MR) is 48.3 cm³/mol. The third-order valence-corrected chi connectivity index (χ3v) is 4.73. The number of fused-ring (bicyclic) bond motifs is 2. The van der Waals surface area contributed by atoms with E-state index >= 15 is 0 Å². The van der Waals surface area contributed by atoms with Crippen LogP contribution in [0.5, 0.6) is 0 Å². The maximum Gasteiger partial charge on any atom is -0.0295 e. The van der Waals surface area contributed by atoms with Crippen LogP contribution in [0.3, 0.4) is 0 Å². The van der Waals surface area contributed by atoms with Gasteiger partial charge in [-0.1, -0.05) is 27.7 Å². The van der Waals surface area contributed by atoms with Gasteiger partial charge in [-0.05, 0) is 41.9 Å². The molecule has 3 rings (SSSR count). The average molecular weight is 152 g/mol. The molecule has 2 unspecified atom stereocenters. The summed E-state index contributed by atoms with van der Waals surface area (Å²) in [5.74, 6) is 4.07. The van der Waals surface area contributed by atoms with E-state index < -0.39 is 0 Å². The van der Waals surface area contributed by atoms with E-state index in [1.807, 2.05) is 0 Å². The van der Waals surface area contributed by atoms with Gasteiger partial charge in [-0.2, -0.15) is 0 Å². The van der Waals surface area contributed by atoms with Crippen molar-refractivity contribution >= 4 is 0 Å². The first kappa shape index (κ1) is 7.64. The van der Waals surface area contributed by atoms with E-state index in [2.05, 4.69) is 27.7 Å². The van der Waals surface area contributed by atoms with Gasteiger partial charge in [0.05, 0.1) is 0 Å². The molecular weight excluding hydrogens is 132 g/mol. The minimum Gasteiger partial charge on any atom is -0.0622 e. The molecular formula is C11H20. The molecule has 0 N–H and O–H groups in total. The van der Waals surface area contributed by atoms with Gasteiger partial charge in [0, 0.05) is 0 Å². The Bertz CT molecular complexity index is 169. The van der Waals surface area contributed by atoms with Crippen LogP contribution >= 0.6 is 0 Å². The molecule has 0 aromatic rings. The molecule has 0 radical (unpaired) electrons. The number of rotatable bonds is 0. The molecule has 11 heavy (non-hydrogen) atoms. The Morgan fingerprint density at radius 1 is 1.09 bits per heavy atom. The van der Waals surface area contributed by atoms with Crippen molar-refractivity contribution < 1.29 is 0 Å². The summed E-state index contributed by atoms with van der Waals surface area (Å²) in [6.45, 7) is 9.81. The van der Waals surface area contributed by atoms with Crippen LogP contribution in [0.4, 0.5) is 0 Å². The van der Waals surface area contributed by atoms with E-state index in [0.717, 1.165) is 23.7 Å². The fourth-order valence-electron chi connectivity index (χ4n) is 3.41. The summed E-state index contributed by atoms with van der Waals surface area (Å²) in [5, 5.41) is 0. The van der Waals surface area contributed by atoms with Crippen LogP contribution in [0.2, 0.25) is 0 Å². The van der Waals surface area contributed by atoms with Gasteiger partial charge in [0.15, 0.2) is 0 Å². The normalized spacial score (nSPS) is 53.5. The molecule has 3 aliphatic carbocycles. The van der Waals surface area contributed by atoms with Gasteiger partial charge in [-0.15, -0.1) is 0 Å². The minimum absolute atomic E-state index is 0.686. The lowest BCUT2D eigenvalue weighted by molar-refractivity contribution is -0.124. The lowest BCUT2D eigenvalue weighted by atomic mass is 9.44. The van der Waals surface area contributed by atoms with Gasteiger partial charge >= 0.3 is 0 Å². The van der Waals surface area contributed by atoms with Gasteiger partial charge in [-0.3, -0.25) is 0 Å². The van der Waals surface area contributed by atoms with Crippen LogP contribution in [-0.2, 0) is 0 Å². The molecule has 0 saturated heterocycles. The second-order valence-corrected chi connectivity index (χ2v) is 5.43. The van der Waals surface area contributed by atoms with Crippen LogP contribution in [0.15, 0.2) is 0 Å². The van der Waals surface area contributed by atoms with Crippen LogP contribution in [-0.4, -0.2) is 0 Å². The monoisotopic (exact) mass is 152 g/mol. The zero-order valence-corrected chi connectivity index (χ0v) is 8.22. The number of hydrogen-bond donors (Lipinski definition) is 0. The highest BCUT2D eigenvalue weighted by Gasteiger charge is 2.54. The third-order valence-electron chi connectivity index (χ3n) is 4.73. The molecule has 3 fully saturated rings. The van der Waals surface area contributed by atoms with E-state index in [1.54, 1.807) is 0 Å². The summed E-state index contributed by atoms with van der Waals surface area (Å²) in [6, 6.07) is 0. The Morgan fingerprint density at radius 2 is 1.73 bits per heavy atom. The number of hydrogen-bond acceptors (Lipinski definition) is 0. The van der Waals surface area contributed by atoms with Crippen molar-refractivity contribution in [3.05, 3.63) is 0 Å². The predicted octanol–water partition coefficient (Wildman–Crippen LogP) is 3.32. The van der Waals surface area contributed by atoms with E-state index in [0.29, 0.717) is 5.41 Å². The van der Waals surface area contributed by atoms with E-state index in [9.17, 15) is 0 Å². The fourth-order valence-corrected chi connectivity index (χ4v) is 3.41. The molecule has 0 aromatic heterocycles. The first-order valence-corrected chi connectivity index (χ1v) is 5.03. The molecule has 3 aliphatic rings. The lowest BCUT2D eigenvalue weighted by Gasteiger charge is -2.61. The SMILES string of the molecule is CC1C[C@H]2CC([C@@H]1C)C2(C)C. The zero-order chi connectivity index (χ0) is 8.22. The maximum atomic E-state index is 2.47. The van der Waals surface area contributed by atoms with Gasteiger partial charge < -0.3 is 0 Å². The van der Waals surface area contributed by atoms with Crippen molar-refractivity contribution in [2.24, 2.45) is 29.1 Å². The van der Waals surface area contributed by atoms with Gasteiger partial charge in [0.1, 0.15) is 0 Å². The van der Waals surface area contributed by atoms with Crippen molar-refractivity contribution in [2.75, 3.05) is 0 Å². The molecule has 3 saturated carbocycles. The van der Waals surface area contributed by atoms with Crippen LogP contribution in [0.25, 0.3) is 0 Å². The molecule has 0 heterocycles. The largest absolute Gasteiger partial charge is 0.0622 e. The summed E-state index contributed by atoms with van der Waals surface area (Å²) >= 11 is 0. The van der Waals surface area contributed by atoms with E-state index in [-0.39, 0.29) is 0 Å². The summed E-state index contributed by atoms with van der Waals surface area (Å²) in [6.07, 6.45) is 3.02. The first-order chi connectivity index (χ1) is 5.03. The Kier molecular flexibility index (Phi) is 1.41. The molecule has 0 spiro atoms. The quantitative estimate of drug-likeness (QED) is 0.499. The maximum absolute atomic E-state index is 2.47. The molecule has 4 atom stereocenters. The van der Waals surface area contributed by atoms with Crippen LogP contribution in [0, 0.1) is 29.1 Å². The summed E-state index contributed by atoms with van der Waals surface area (Å²) in [7, 11) is 0. The van der Waals surface area contributed by atoms with Crippen molar-refractivity contribution in [1.82, 2.24) is 0 Å². The highest BCUT2D eigenvalue weighted by molar-refractivity contribution is 5.03. The second kappa shape index (κ2) is 2.02. The topological polar surface area (TPSA) is 0 Å². The Balaban J connectivity index is 2.17. The highest BCUT2D eigenvalue weighted by atomic mass is 14.6. The van der Waals surface area contributed by atoms with Gasteiger partial charge in [0.25, 0.3) is 0 Å². The molecule has 0 aliphatic heterocycles. The molecule has 0 nitrogen and oxygen atoms in total. The average Bonchev–Trinajstić information content (AvgIpc) is 1.93. The standard InChI is InChI=1S/C11H20/c1-7-5-9-6-10(8(7)2)11(9,3)4/h7-10H,5-6H2,1-4H3/t7?,8-,9+,10?/m1/s1. The summed E-state index contributed by atoms with van der Waals surface area (Å²) in [5.41, 5.74) is 0.686. The Hall–Kier alpha value is 0. The molecule has 2 bridgehead atoms. The van der Waals surface area contributed by atoms with Crippen molar-refractivity contribution in [2.45, 2.75) is 40.5 Å². The Morgan fingerprint density at radius 3 is 2.09 bits per heavy atom. The second-order valence-electron chi connectivity index (χ2n) is 5.43. The van der Waals surface area contributed by atoms with E-state index in [4.69, 9.17) is 0 Å². The van der Waals surface area contributed by atoms with Gasteiger partial charge in [0.2, 0.25) is 0 Å². The molecule has 64 valence electrons. The van der Waals surface area contributed by atoms with Crippen LogP contribution in [0.1, 0.15) is 40.5 Å². The summed E-state index contributed by atoms with van der Waals surface area (Å²) < 4.78 is 0. The zero-order valence-electron chi connectivity index (χ0n) is 8.22. The molecule has 0 amide bonds. The first-order valence-electron chi connectivity index (χ1n) is 5.03. The highest BCUT2D eigenvalue weighted by Crippen LogP contribution is 2.62. The lowest BCUT2D eigenvalue weighted by Crippen LogP contribution is -2.54. The van der Waals surface area contributed by atoms with Crippen LogP contribution < -0.4 is 0 Å².